The van der Waals surface area contributed by atoms with E-state index in [1.807, 2.05) is 13.8 Å². The fourth-order valence-corrected chi connectivity index (χ4v) is 1.50. The zero-order chi connectivity index (χ0) is 11.3. The van der Waals surface area contributed by atoms with Crippen LogP contribution >= 0.6 is 0 Å². The van der Waals surface area contributed by atoms with Crippen molar-refractivity contribution in [3.63, 3.8) is 0 Å². The van der Waals surface area contributed by atoms with E-state index in [-0.39, 0.29) is 153 Å². The molecule has 0 radical (unpaired) electrons. The molecule has 0 saturated carbocycles. The molecule has 0 bridgehead atoms. The van der Waals surface area contributed by atoms with Crippen LogP contribution in [0.25, 0.3) is 5.41 Å². The van der Waals surface area contributed by atoms with E-state index < -0.39 is 0 Å². The second kappa shape index (κ2) is 29.5. The number of hydrogen-bond donors (Lipinski definition) is 0. The van der Waals surface area contributed by atoms with Gasteiger partial charge in [-0.3, -0.25) is 0 Å². The summed E-state index contributed by atoms with van der Waals surface area (Å²) in [5, 5.41) is 9.24. The molecule has 0 aliphatic carbocycles. The van der Waals surface area contributed by atoms with Gasteiger partial charge in [0.15, 0.2) is 0 Å². The second-order valence-corrected chi connectivity index (χ2v) is 6.81. The van der Waals surface area contributed by atoms with Gasteiger partial charge >= 0.3 is 106 Å². The molecule has 0 saturated heterocycles. The van der Waals surface area contributed by atoms with Crippen LogP contribution in [0.2, 0.25) is 0 Å². The topological polar surface area (TPSA) is 55.0 Å². The first-order chi connectivity index (χ1) is 6.40. The monoisotopic (exact) mass is 1820 g/mol. The smallest absolute Gasteiger partial charge is 0 e. The van der Waals surface area contributed by atoms with Crippen molar-refractivity contribution in [3.05, 3.63) is 5.41 Å². The van der Waals surface area contributed by atoms with Crippen LogP contribution in [0.15, 0.2) is 4.99 Å². The molecule has 0 aliphatic rings. The van der Waals surface area contributed by atoms with E-state index in [0.717, 1.165) is 12.8 Å². The summed E-state index contributed by atoms with van der Waals surface area (Å²) in [6.45, 7) is 5.15. The molecule has 0 aromatic carbocycles. The zero-order valence-electron chi connectivity index (χ0n) is 10.9. The summed E-state index contributed by atoms with van der Waals surface area (Å²) in [5.74, 6) is 0.359. The first-order valence-electron chi connectivity index (χ1n) is 3.70. The molecule has 0 fully saturated rings. The number of nitrogens with zero attached hydrogens (tertiary/aromatic N) is 3. The molecule has 13 heteroatoms. The molecule has 0 unspecified atom stereocenters. The van der Waals surface area contributed by atoms with Crippen molar-refractivity contribution in [1.82, 2.24) is 4.90 Å². The summed E-state index contributed by atoms with van der Waals surface area (Å²) in [6.07, 6.45) is 1.64. The minimum absolute atomic E-state index is 0. The van der Waals surface area contributed by atoms with Crippen molar-refractivity contribution >= 4 is 26.0 Å². The zero-order valence-corrected chi connectivity index (χ0v) is 37.3. The number of amides is 1. The van der Waals surface area contributed by atoms with Crippen LogP contribution in [0.4, 0.5) is 0 Å². The Balaban J connectivity index is -0.0000000402. The molecule has 0 rings (SSSR count). The quantitative estimate of drug-likeness (QED) is 0.172. The number of rotatable bonds is 3. The third-order valence-corrected chi connectivity index (χ3v) is 2.19. The summed E-state index contributed by atoms with van der Waals surface area (Å²) >= 11 is 2.44. The molecule has 0 aromatic rings. The van der Waals surface area contributed by atoms with Gasteiger partial charge in [-0.05, 0) is 0 Å². The Labute approximate surface area is 248 Å². The van der Waals surface area contributed by atoms with Crippen LogP contribution in [0.1, 0.15) is 20.8 Å². The van der Waals surface area contributed by atoms with E-state index in [0.29, 0.717) is 5.84 Å². The van der Waals surface area contributed by atoms with E-state index in [4.69, 9.17) is 0 Å². The van der Waals surface area contributed by atoms with Crippen LogP contribution in [-0.2, 0) is 191 Å². The summed E-state index contributed by atoms with van der Waals surface area (Å²) in [7, 11) is 0. The van der Waals surface area contributed by atoms with Crippen molar-refractivity contribution in [3.8, 4) is 0 Å². The molecule has 0 N–H and O–H groups in total. The minimum Gasteiger partial charge on any atom is 0 e. The minimum atomic E-state index is -0.115. The molecule has 4 nitrogen and oxygen atoms in total. The van der Waals surface area contributed by atoms with Gasteiger partial charge in [-0.25, -0.2) is 0 Å². The Morgan fingerprint density at radius 2 is 1.29 bits per heavy atom. The maximum absolute atomic E-state index is 10.6. The molecule has 118 valence electrons. The van der Waals surface area contributed by atoms with Gasteiger partial charge in [0.05, 0.1) is 0 Å². The van der Waals surface area contributed by atoms with Crippen LogP contribution in [0.3, 0.4) is 0 Å². The van der Waals surface area contributed by atoms with Gasteiger partial charge in [0.2, 0.25) is 0 Å². The van der Waals surface area contributed by atoms with Crippen LogP contribution in [0.5, 0.6) is 0 Å². The predicted octanol–water partition coefficient (Wildman–Crippen LogP) is 0.160. The average molecular weight is 1820 g/mol. The summed E-state index contributed by atoms with van der Waals surface area (Å²) < 4.78 is 1.84. The van der Waals surface area contributed by atoms with E-state index in [1.165, 1.54) is 45.6 Å². The van der Waals surface area contributed by atoms with Gasteiger partial charge < -0.3 is 0 Å². The normalized spacial score (nSPS) is 7.10. The predicted molar refractivity (Wildman–Crippen MR) is 50.4 cm³/mol. The van der Waals surface area contributed by atoms with E-state index in [1.54, 1.807) is 6.41 Å². The van der Waals surface area contributed by atoms with Crippen molar-refractivity contribution in [1.29, 1.82) is 0 Å². The van der Waals surface area contributed by atoms with Crippen molar-refractivity contribution < 1.29 is 191 Å². The molecule has 0 heterocycles. The summed E-state index contributed by atoms with van der Waals surface area (Å²) in [4.78, 5) is 15.8. The van der Waals surface area contributed by atoms with Crippen LogP contribution < -0.4 is 0 Å². The number of amidine groups is 2. The molecule has 0 aliphatic heterocycles. The largest absolute Gasteiger partial charge is 0 e. The molecule has 0 spiro atoms. The Bertz CT molecular complexity index is 335. The third kappa shape index (κ3) is 24.7. The van der Waals surface area contributed by atoms with E-state index in [9.17, 15) is 10.2 Å². The van der Waals surface area contributed by atoms with Crippen LogP contribution in [0, 0.1) is 0 Å². The van der Waals surface area contributed by atoms with E-state index in [2.05, 4.69) is 4.99 Å². The number of carbonyl (C=O) groups excluding carboxylic acids is 1. The first kappa shape index (κ1) is 50.1. The fraction of sp³-hybridized carbons (Fsp3) is 0.375. The summed E-state index contributed by atoms with van der Waals surface area (Å²) in [6, 6.07) is 0. The van der Waals surface area contributed by atoms with Gasteiger partial charge in [-0.1, -0.05) is 0 Å². The SMILES string of the molecule is CC(=[N-])N([C-]=O)C(=N[C](C)=[W])[C](C)=[W].[W].[W].[W].[W].[W].[W].[W]. The summed E-state index contributed by atoms with van der Waals surface area (Å²) in [5.41, 5.74) is 0. The molecular formula is C8H9N3OW9-2. The number of hydrogen-bond acceptors (Lipinski definition) is 2. The van der Waals surface area contributed by atoms with Gasteiger partial charge in [0.1, 0.15) is 0 Å². The number of aliphatic imine (C=N–C) groups is 1. The fourth-order valence-electron chi connectivity index (χ4n) is 0.698. The van der Waals surface area contributed by atoms with Gasteiger partial charge in [0.25, 0.3) is 0 Å². The first-order valence-corrected chi connectivity index (χ1v) is 6.64. The Morgan fingerprint density at radius 1 is 0.952 bits per heavy atom. The maximum atomic E-state index is 10.6. The standard InChI is InChI=1S/C8H9N3O.9W/c1-4-8(10-5-2)11(6-12)7(3)9;;;;;;;;;/h1-3H3;;;;;;;;;/q-2;;;;;;;;;. The van der Waals surface area contributed by atoms with Crippen LogP contribution in [-0.4, -0.2) is 30.9 Å². The molecule has 21 heavy (non-hydrogen) atoms. The Hall–Kier alpha value is 4.74. The van der Waals surface area contributed by atoms with Crippen molar-refractivity contribution in [2.45, 2.75) is 20.8 Å². The second-order valence-electron chi connectivity index (χ2n) is 2.48. The third-order valence-electron chi connectivity index (χ3n) is 1.20. The average Bonchev–Trinajstić information content (AvgIpc) is 2.02. The molecule has 1 amide bonds. The Kier molecular flexibility index (Phi) is 70.3. The maximum Gasteiger partial charge on any atom is 0 e. The van der Waals surface area contributed by atoms with Crippen molar-refractivity contribution in [2.24, 2.45) is 4.99 Å². The molecule has 0 atom stereocenters. The van der Waals surface area contributed by atoms with Gasteiger partial charge in [0, 0.05) is 147 Å². The molecular weight excluding hydrogens is 1810 g/mol. The van der Waals surface area contributed by atoms with Gasteiger partial charge in [-0.2, -0.15) is 0 Å². The van der Waals surface area contributed by atoms with Crippen molar-refractivity contribution in [2.75, 3.05) is 0 Å². The van der Waals surface area contributed by atoms with Gasteiger partial charge in [-0.15, -0.1) is 0 Å². The molecule has 0 aromatic heterocycles. The van der Waals surface area contributed by atoms with E-state index >= 15 is 0 Å². The Morgan fingerprint density at radius 3 is 1.43 bits per heavy atom.